The number of fused-ring (bicyclic) bond motifs is 5. The highest BCUT2D eigenvalue weighted by atomic mass is 16.4. The summed E-state index contributed by atoms with van der Waals surface area (Å²) in [4.78, 5) is 24.0. The number of rotatable bonds is 1. The van der Waals surface area contributed by atoms with Gasteiger partial charge < -0.3 is 10.2 Å². The first kappa shape index (κ1) is 17.3. The van der Waals surface area contributed by atoms with Crippen LogP contribution in [0.1, 0.15) is 65.7 Å². The smallest absolute Gasteiger partial charge is 0.318 e. The van der Waals surface area contributed by atoms with Gasteiger partial charge in [0.2, 0.25) is 0 Å². The largest absolute Gasteiger partial charge is 0.480 e. The van der Waals surface area contributed by atoms with Crippen LogP contribution in [-0.2, 0) is 9.59 Å². The maximum absolute atomic E-state index is 12.3. The highest BCUT2D eigenvalue weighted by molar-refractivity contribution is 6.02. The van der Waals surface area contributed by atoms with Crippen molar-refractivity contribution in [3.8, 4) is 0 Å². The Hall–Kier alpha value is -1.16. The van der Waals surface area contributed by atoms with Crippen LogP contribution < -0.4 is 0 Å². The lowest BCUT2D eigenvalue weighted by atomic mass is 9.46. The van der Waals surface area contributed by atoms with Crippen molar-refractivity contribution in [1.29, 1.82) is 0 Å². The predicted molar refractivity (Wildman–Crippen MR) is 93.8 cm³/mol. The van der Waals surface area contributed by atoms with Gasteiger partial charge >= 0.3 is 5.97 Å². The second-order valence-electron chi connectivity index (χ2n) is 9.70. The molecule has 0 aliphatic heterocycles. The maximum Gasteiger partial charge on any atom is 0.318 e. The molecular formula is C21H30O4. The summed E-state index contributed by atoms with van der Waals surface area (Å²) in [5, 5.41) is 20.6. The number of aliphatic carboxylic acids is 1. The molecule has 4 rings (SSSR count). The Bertz CT molecular complexity index is 663. The number of carbonyl (C=O) groups is 2. The zero-order chi connectivity index (χ0) is 18.2. The number of allylic oxidation sites excluding steroid dienone is 1. The molecule has 7 atom stereocenters. The fourth-order valence-corrected chi connectivity index (χ4v) is 7.11. The molecule has 138 valence electrons. The molecule has 0 aromatic carbocycles. The summed E-state index contributed by atoms with van der Waals surface area (Å²) in [6.07, 6.45) is 8.07. The number of carbonyl (C=O) groups excluding carboxylic acids is 1. The molecule has 0 spiro atoms. The fraction of sp³-hybridized carbons (Fsp3) is 0.810. The van der Waals surface area contributed by atoms with E-state index in [1.807, 2.05) is 6.92 Å². The van der Waals surface area contributed by atoms with Gasteiger partial charge in [-0.1, -0.05) is 19.9 Å². The second-order valence-corrected chi connectivity index (χ2v) is 9.70. The molecule has 4 aliphatic rings. The van der Waals surface area contributed by atoms with Crippen LogP contribution in [0.15, 0.2) is 11.6 Å². The number of hydrogen-bond donors (Lipinski definition) is 2. The maximum atomic E-state index is 12.3. The Balaban J connectivity index is 1.74. The van der Waals surface area contributed by atoms with E-state index in [-0.39, 0.29) is 16.6 Å². The van der Waals surface area contributed by atoms with E-state index in [1.165, 1.54) is 0 Å². The van der Waals surface area contributed by atoms with Gasteiger partial charge in [0, 0.05) is 6.42 Å². The average molecular weight is 346 g/mol. The Morgan fingerprint density at radius 2 is 1.80 bits per heavy atom. The first-order valence-electron chi connectivity index (χ1n) is 9.80. The number of carboxylic acid groups (broad SMARTS) is 1. The van der Waals surface area contributed by atoms with E-state index in [2.05, 4.69) is 19.9 Å². The van der Waals surface area contributed by atoms with E-state index in [0.29, 0.717) is 24.2 Å². The van der Waals surface area contributed by atoms with Crippen molar-refractivity contribution in [1.82, 2.24) is 0 Å². The highest BCUT2D eigenvalue weighted by Gasteiger charge is 2.63. The van der Waals surface area contributed by atoms with Crippen LogP contribution in [0.2, 0.25) is 0 Å². The second kappa shape index (κ2) is 5.18. The molecule has 4 heteroatoms. The molecule has 4 aliphatic carbocycles. The highest BCUT2D eigenvalue weighted by Crippen LogP contribution is 2.67. The molecule has 25 heavy (non-hydrogen) atoms. The van der Waals surface area contributed by atoms with Crippen LogP contribution in [0.5, 0.6) is 0 Å². The van der Waals surface area contributed by atoms with Crippen molar-refractivity contribution >= 4 is 11.8 Å². The van der Waals surface area contributed by atoms with Crippen molar-refractivity contribution in [3.63, 3.8) is 0 Å². The summed E-state index contributed by atoms with van der Waals surface area (Å²) in [6, 6.07) is 0. The van der Waals surface area contributed by atoms with E-state index in [0.717, 1.165) is 44.1 Å². The molecule has 0 amide bonds. The molecule has 0 aromatic heterocycles. The van der Waals surface area contributed by atoms with Crippen molar-refractivity contribution in [3.05, 3.63) is 11.6 Å². The van der Waals surface area contributed by atoms with Gasteiger partial charge in [0.05, 0.1) is 5.60 Å². The van der Waals surface area contributed by atoms with Gasteiger partial charge in [-0.25, -0.2) is 0 Å². The monoisotopic (exact) mass is 346 g/mol. The molecular weight excluding hydrogens is 316 g/mol. The molecule has 4 nitrogen and oxygen atoms in total. The molecule has 0 saturated heterocycles. The van der Waals surface area contributed by atoms with E-state index in [1.54, 1.807) is 0 Å². The summed E-state index contributed by atoms with van der Waals surface area (Å²) >= 11 is 0. The van der Waals surface area contributed by atoms with E-state index >= 15 is 0 Å². The summed E-state index contributed by atoms with van der Waals surface area (Å²) in [6.45, 7) is 6.46. The minimum Gasteiger partial charge on any atom is -0.480 e. The normalized spacial score (nSPS) is 52.0. The minimum absolute atomic E-state index is 0.0352. The van der Waals surface area contributed by atoms with Crippen molar-refractivity contribution in [2.45, 2.75) is 71.3 Å². The molecule has 0 heterocycles. The summed E-state index contributed by atoms with van der Waals surface area (Å²) < 4.78 is 0. The molecule has 2 N–H and O–H groups in total. The lowest BCUT2D eigenvalue weighted by Gasteiger charge is -2.58. The Labute approximate surface area is 149 Å². The first-order valence-corrected chi connectivity index (χ1v) is 9.80. The zero-order valence-corrected chi connectivity index (χ0v) is 15.5. The van der Waals surface area contributed by atoms with Gasteiger partial charge in [-0.15, -0.1) is 0 Å². The quantitative estimate of drug-likeness (QED) is 0.562. The summed E-state index contributed by atoms with van der Waals surface area (Å²) in [5.41, 5.74) is 0.0767. The topological polar surface area (TPSA) is 74.6 Å². The van der Waals surface area contributed by atoms with Crippen LogP contribution in [0.25, 0.3) is 0 Å². The standard InChI is InChI=1S/C21H30O4/c1-19-9-8-16(22)17(18(23)24)15(19)5-4-12-13(19)6-10-20(2)14(12)7-11-21(20,3)25/h5,12-14,17,25H,4,6-11H2,1-3H3,(H,23,24)/t12-,13+,14+,17?,19-,20+,21-/m1/s1. The summed E-state index contributed by atoms with van der Waals surface area (Å²) in [5.74, 6) is -0.598. The number of aliphatic hydroxyl groups is 1. The summed E-state index contributed by atoms with van der Waals surface area (Å²) in [7, 11) is 0. The van der Waals surface area contributed by atoms with E-state index < -0.39 is 17.5 Å². The van der Waals surface area contributed by atoms with Gasteiger partial charge in [-0.3, -0.25) is 9.59 Å². The third-order valence-corrected chi connectivity index (χ3v) is 8.86. The Morgan fingerprint density at radius 3 is 2.48 bits per heavy atom. The number of ketones is 1. The molecule has 1 unspecified atom stereocenters. The van der Waals surface area contributed by atoms with Crippen LogP contribution in [0, 0.1) is 34.5 Å². The molecule has 0 radical (unpaired) electrons. The lowest BCUT2D eigenvalue weighted by Crippen LogP contribution is -2.55. The minimum atomic E-state index is -0.981. The van der Waals surface area contributed by atoms with Crippen LogP contribution in [0.3, 0.4) is 0 Å². The Kier molecular flexibility index (Phi) is 3.58. The molecule has 0 bridgehead atoms. The number of carboxylic acids is 1. The molecule has 3 fully saturated rings. The predicted octanol–water partition coefficient (Wildman–Crippen LogP) is 3.58. The van der Waals surface area contributed by atoms with Crippen LogP contribution in [-0.4, -0.2) is 27.6 Å². The lowest BCUT2D eigenvalue weighted by molar-refractivity contribution is -0.149. The Morgan fingerprint density at radius 1 is 1.12 bits per heavy atom. The molecule has 3 saturated carbocycles. The third-order valence-electron chi connectivity index (χ3n) is 8.86. The third kappa shape index (κ3) is 2.09. The van der Waals surface area contributed by atoms with Crippen LogP contribution in [0.4, 0.5) is 0 Å². The van der Waals surface area contributed by atoms with Gasteiger partial charge in [-0.2, -0.15) is 0 Å². The SMILES string of the molecule is C[C@]12CCC(=O)C(C(=O)O)C1=CC[C@@H]1[C@@H]2CC[C@@]2(C)[C@H]1CC[C@@]2(C)O. The van der Waals surface area contributed by atoms with Gasteiger partial charge in [-0.05, 0) is 79.6 Å². The van der Waals surface area contributed by atoms with E-state index in [9.17, 15) is 19.8 Å². The van der Waals surface area contributed by atoms with Crippen molar-refractivity contribution in [2.24, 2.45) is 34.5 Å². The van der Waals surface area contributed by atoms with E-state index in [4.69, 9.17) is 0 Å². The fourth-order valence-electron chi connectivity index (χ4n) is 7.11. The van der Waals surface area contributed by atoms with Gasteiger partial charge in [0.1, 0.15) is 5.92 Å². The molecule has 0 aromatic rings. The number of hydrogen-bond acceptors (Lipinski definition) is 3. The number of Topliss-reactive ketones (excluding diaryl/α,β-unsaturated/α-hetero) is 1. The average Bonchev–Trinajstić information content (AvgIpc) is 2.77. The first-order chi connectivity index (χ1) is 11.6. The van der Waals surface area contributed by atoms with Crippen molar-refractivity contribution in [2.75, 3.05) is 0 Å². The van der Waals surface area contributed by atoms with Gasteiger partial charge in [0.25, 0.3) is 0 Å². The van der Waals surface area contributed by atoms with Crippen molar-refractivity contribution < 1.29 is 19.8 Å². The van der Waals surface area contributed by atoms with Gasteiger partial charge in [0.15, 0.2) is 5.78 Å². The van der Waals surface area contributed by atoms with Crippen LogP contribution >= 0.6 is 0 Å². The zero-order valence-electron chi connectivity index (χ0n) is 15.5.